The van der Waals surface area contributed by atoms with Crippen molar-refractivity contribution < 1.29 is 19.6 Å². The van der Waals surface area contributed by atoms with Gasteiger partial charge in [0, 0.05) is 32.0 Å². The second kappa shape index (κ2) is 4.72. The fraction of sp³-hybridized carbons (Fsp3) is 0.200. The zero-order valence-electron chi connectivity index (χ0n) is 11.1. The number of benzene rings is 1. The highest BCUT2D eigenvalue weighted by Crippen LogP contribution is 2.19. The maximum absolute atomic E-state index is 10.9. The van der Waals surface area contributed by atoms with E-state index in [0.717, 1.165) is 22.6 Å². The Bertz CT molecular complexity index is 639. The molecule has 2 rings (SSSR count). The standard InChI is InChI=1S/C15H15NO3/c1-9-6-10(2)16(11(3)7-9)12-4-5-13(15(18)19)14(17)8-12/h4-8H,1-3H3,(H-,17,18,19)/p+1. The van der Waals surface area contributed by atoms with Crippen molar-refractivity contribution in [3.8, 4) is 11.4 Å². The minimum atomic E-state index is -1.13. The molecule has 0 saturated carbocycles. The van der Waals surface area contributed by atoms with Crippen LogP contribution in [0.3, 0.4) is 0 Å². The van der Waals surface area contributed by atoms with Crippen LogP contribution < -0.4 is 4.57 Å². The van der Waals surface area contributed by atoms with Crippen LogP contribution in [0.5, 0.6) is 5.75 Å². The molecule has 1 aromatic carbocycles. The molecule has 4 nitrogen and oxygen atoms in total. The second-order valence-electron chi connectivity index (χ2n) is 4.66. The van der Waals surface area contributed by atoms with E-state index in [4.69, 9.17) is 5.11 Å². The molecule has 2 aromatic rings. The zero-order valence-corrected chi connectivity index (χ0v) is 11.1. The van der Waals surface area contributed by atoms with E-state index in [9.17, 15) is 9.90 Å². The smallest absolute Gasteiger partial charge is 0.339 e. The topological polar surface area (TPSA) is 61.4 Å². The third-order valence-electron chi connectivity index (χ3n) is 3.05. The summed E-state index contributed by atoms with van der Waals surface area (Å²) in [6.07, 6.45) is 0. The number of pyridine rings is 1. The van der Waals surface area contributed by atoms with Gasteiger partial charge in [-0.2, -0.15) is 4.57 Å². The van der Waals surface area contributed by atoms with Gasteiger partial charge in [0.25, 0.3) is 0 Å². The van der Waals surface area contributed by atoms with E-state index < -0.39 is 5.97 Å². The lowest BCUT2D eigenvalue weighted by Gasteiger charge is -2.06. The molecule has 0 bridgehead atoms. The predicted molar refractivity (Wildman–Crippen MR) is 70.8 cm³/mol. The molecule has 19 heavy (non-hydrogen) atoms. The lowest BCUT2D eigenvalue weighted by Crippen LogP contribution is -2.37. The first-order valence-electron chi connectivity index (χ1n) is 5.96. The molecule has 0 aliphatic carbocycles. The van der Waals surface area contributed by atoms with Crippen molar-refractivity contribution in [2.75, 3.05) is 0 Å². The molecule has 0 amide bonds. The number of aromatic nitrogens is 1. The molecule has 0 saturated heterocycles. The number of rotatable bonds is 2. The Morgan fingerprint density at radius 2 is 1.63 bits per heavy atom. The molecule has 1 heterocycles. The quantitative estimate of drug-likeness (QED) is 0.812. The molecule has 4 heteroatoms. The highest BCUT2D eigenvalue weighted by atomic mass is 16.4. The Kier molecular flexibility index (Phi) is 3.25. The third kappa shape index (κ3) is 2.42. The Morgan fingerprint density at radius 3 is 2.11 bits per heavy atom. The predicted octanol–water partition coefficient (Wildman–Crippen LogP) is 2.29. The number of aryl methyl sites for hydroxylation is 3. The monoisotopic (exact) mass is 258 g/mol. The third-order valence-corrected chi connectivity index (χ3v) is 3.05. The van der Waals surface area contributed by atoms with E-state index in [1.165, 1.54) is 12.1 Å². The van der Waals surface area contributed by atoms with Crippen LogP contribution in [-0.4, -0.2) is 16.2 Å². The number of hydrogen-bond donors (Lipinski definition) is 2. The van der Waals surface area contributed by atoms with Crippen LogP contribution in [0.2, 0.25) is 0 Å². The largest absolute Gasteiger partial charge is 0.507 e. The number of carboxylic acid groups (broad SMARTS) is 1. The summed E-state index contributed by atoms with van der Waals surface area (Å²) in [6.45, 7) is 5.97. The number of aromatic carboxylic acids is 1. The van der Waals surface area contributed by atoms with E-state index in [1.54, 1.807) is 6.07 Å². The summed E-state index contributed by atoms with van der Waals surface area (Å²) in [4.78, 5) is 10.9. The summed E-state index contributed by atoms with van der Waals surface area (Å²) in [5, 5.41) is 18.7. The number of hydrogen-bond acceptors (Lipinski definition) is 2. The molecular formula is C15H16NO3+. The van der Waals surface area contributed by atoms with E-state index in [2.05, 4.69) is 0 Å². The molecule has 1 aromatic heterocycles. The van der Waals surface area contributed by atoms with Crippen molar-refractivity contribution in [1.82, 2.24) is 0 Å². The van der Waals surface area contributed by atoms with Crippen molar-refractivity contribution in [2.24, 2.45) is 0 Å². The lowest BCUT2D eigenvalue weighted by atomic mass is 10.1. The van der Waals surface area contributed by atoms with Crippen LogP contribution >= 0.6 is 0 Å². The van der Waals surface area contributed by atoms with Crippen molar-refractivity contribution in [2.45, 2.75) is 20.8 Å². The van der Waals surface area contributed by atoms with Gasteiger partial charge in [-0.15, -0.1) is 0 Å². The zero-order chi connectivity index (χ0) is 14.2. The van der Waals surface area contributed by atoms with Crippen molar-refractivity contribution in [3.05, 3.63) is 52.8 Å². The first-order valence-corrected chi connectivity index (χ1v) is 5.96. The van der Waals surface area contributed by atoms with Crippen LogP contribution in [0.1, 0.15) is 27.3 Å². The van der Waals surface area contributed by atoms with Gasteiger partial charge in [-0.25, -0.2) is 4.79 Å². The summed E-state index contributed by atoms with van der Waals surface area (Å²) >= 11 is 0. The van der Waals surface area contributed by atoms with Gasteiger partial charge in [0.05, 0.1) is 6.07 Å². The Balaban J connectivity index is 2.61. The molecule has 0 radical (unpaired) electrons. The van der Waals surface area contributed by atoms with Gasteiger partial charge >= 0.3 is 5.97 Å². The molecule has 0 spiro atoms. The van der Waals surface area contributed by atoms with Gasteiger partial charge in [0.15, 0.2) is 11.4 Å². The number of aromatic hydroxyl groups is 1. The van der Waals surface area contributed by atoms with Gasteiger partial charge in [0.1, 0.15) is 11.3 Å². The SMILES string of the molecule is Cc1cc(C)[n+](-c2ccc(C(=O)O)c(O)c2)c(C)c1. The van der Waals surface area contributed by atoms with E-state index in [1.807, 2.05) is 37.5 Å². The lowest BCUT2D eigenvalue weighted by molar-refractivity contribution is -0.609. The molecule has 0 aliphatic heterocycles. The van der Waals surface area contributed by atoms with E-state index >= 15 is 0 Å². The van der Waals surface area contributed by atoms with Crippen LogP contribution in [0.25, 0.3) is 5.69 Å². The van der Waals surface area contributed by atoms with E-state index in [0.29, 0.717) is 0 Å². The van der Waals surface area contributed by atoms with Crippen molar-refractivity contribution in [1.29, 1.82) is 0 Å². The van der Waals surface area contributed by atoms with Gasteiger partial charge in [-0.1, -0.05) is 0 Å². The second-order valence-corrected chi connectivity index (χ2v) is 4.66. The van der Waals surface area contributed by atoms with Gasteiger partial charge < -0.3 is 10.2 Å². The summed E-state index contributed by atoms with van der Waals surface area (Å²) < 4.78 is 1.97. The Labute approximate surface area is 111 Å². The molecule has 0 atom stereocenters. The number of nitrogens with zero attached hydrogens (tertiary/aromatic N) is 1. The molecule has 0 unspecified atom stereocenters. The first-order chi connectivity index (χ1) is 8.90. The van der Waals surface area contributed by atoms with E-state index in [-0.39, 0.29) is 11.3 Å². The van der Waals surface area contributed by atoms with Gasteiger partial charge in [0.2, 0.25) is 5.69 Å². The van der Waals surface area contributed by atoms with Crippen LogP contribution in [0.4, 0.5) is 0 Å². The number of phenols is 1. The fourth-order valence-corrected chi connectivity index (χ4v) is 2.36. The molecular weight excluding hydrogens is 242 g/mol. The van der Waals surface area contributed by atoms with Gasteiger partial charge in [-0.3, -0.25) is 0 Å². The maximum atomic E-state index is 10.9. The summed E-state index contributed by atoms with van der Waals surface area (Å²) in [7, 11) is 0. The maximum Gasteiger partial charge on any atom is 0.339 e. The number of carbonyl (C=O) groups is 1. The average molecular weight is 258 g/mol. The van der Waals surface area contributed by atoms with Crippen LogP contribution in [0.15, 0.2) is 30.3 Å². The molecule has 2 N–H and O–H groups in total. The highest BCUT2D eigenvalue weighted by molar-refractivity contribution is 5.90. The molecule has 0 aliphatic rings. The minimum absolute atomic E-state index is 0.0910. The molecule has 98 valence electrons. The van der Waals surface area contributed by atoms with Gasteiger partial charge in [-0.05, 0) is 18.6 Å². The average Bonchev–Trinajstić information content (AvgIpc) is 2.26. The normalized spacial score (nSPS) is 10.5. The van der Waals surface area contributed by atoms with Crippen LogP contribution in [0, 0.1) is 20.8 Å². The fourth-order valence-electron chi connectivity index (χ4n) is 2.36. The van der Waals surface area contributed by atoms with Crippen LogP contribution in [-0.2, 0) is 0 Å². The first kappa shape index (κ1) is 13.1. The minimum Gasteiger partial charge on any atom is -0.507 e. The Hall–Kier alpha value is -2.36. The Morgan fingerprint density at radius 1 is 1.05 bits per heavy atom. The number of carboxylic acids is 1. The summed E-state index contributed by atoms with van der Waals surface area (Å²) in [6, 6.07) is 8.65. The van der Waals surface area contributed by atoms with Crippen molar-refractivity contribution in [3.63, 3.8) is 0 Å². The van der Waals surface area contributed by atoms with Crippen molar-refractivity contribution >= 4 is 5.97 Å². The summed E-state index contributed by atoms with van der Waals surface area (Å²) in [5.74, 6) is -1.36. The summed E-state index contributed by atoms with van der Waals surface area (Å²) in [5.41, 5.74) is 3.88. The molecule has 0 fully saturated rings. The highest BCUT2D eigenvalue weighted by Gasteiger charge is 2.18.